The fourth-order valence-electron chi connectivity index (χ4n) is 10.6. The van der Waals surface area contributed by atoms with Crippen molar-refractivity contribution in [3.8, 4) is 62.5 Å². The Morgan fingerprint density at radius 3 is 1.76 bits per heavy atom. The molecule has 0 atom stereocenters. The maximum absolute atomic E-state index is 9.48. The Balaban J connectivity index is 0.970. The fraction of sp³-hybridized carbons (Fsp3) is 0.200. The first-order chi connectivity index (χ1) is 27.1. The van der Waals surface area contributed by atoms with E-state index in [9.17, 15) is 5.26 Å². The van der Waals surface area contributed by atoms with Gasteiger partial charge in [-0.15, -0.1) is 0 Å². The van der Waals surface area contributed by atoms with E-state index >= 15 is 0 Å². The van der Waals surface area contributed by atoms with Crippen LogP contribution in [0.3, 0.4) is 0 Å². The molecule has 0 aliphatic heterocycles. The monoisotopic (exact) mass is 710 g/mol. The van der Waals surface area contributed by atoms with E-state index in [1.165, 1.54) is 49.7 Å². The highest BCUT2D eigenvalue weighted by Crippen LogP contribution is 2.60. The van der Waals surface area contributed by atoms with Crippen LogP contribution in [0.4, 0.5) is 0 Å². The molecule has 5 heteroatoms. The quantitative estimate of drug-likeness (QED) is 0.172. The third kappa shape index (κ3) is 5.47. The van der Waals surface area contributed by atoms with Gasteiger partial charge in [0, 0.05) is 33.0 Å². The van der Waals surface area contributed by atoms with Crippen LogP contribution in [-0.4, -0.2) is 15.0 Å². The minimum Gasteiger partial charge on any atom is -0.455 e. The molecule has 2 aromatic heterocycles. The van der Waals surface area contributed by atoms with E-state index in [-0.39, 0.29) is 0 Å². The van der Waals surface area contributed by atoms with Crippen molar-refractivity contribution in [2.24, 2.45) is 17.8 Å². The number of hydrogen-bond acceptors (Lipinski definition) is 5. The van der Waals surface area contributed by atoms with Crippen LogP contribution in [0.5, 0.6) is 0 Å². The molecule has 2 heterocycles. The van der Waals surface area contributed by atoms with Crippen molar-refractivity contribution >= 4 is 21.9 Å². The van der Waals surface area contributed by atoms with Crippen molar-refractivity contribution in [3.05, 3.63) is 151 Å². The number of nitrogens with zero attached hydrogens (tertiary/aromatic N) is 4. The van der Waals surface area contributed by atoms with Crippen LogP contribution in [0, 0.1) is 29.1 Å². The molecule has 0 unspecified atom stereocenters. The van der Waals surface area contributed by atoms with Gasteiger partial charge in [-0.3, -0.25) is 0 Å². The largest absolute Gasteiger partial charge is 0.455 e. The van der Waals surface area contributed by atoms with Crippen molar-refractivity contribution in [2.45, 2.75) is 43.9 Å². The van der Waals surface area contributed by atoms with Crippen LogP contribution < -0.4 is 0 Å². The number of benzene rings is 6. The average Bonchev–Trinajstić information content (AvgIpc) is 3.62. The Morgan fingerprint density at radius 1 is 0.509 bits per heavy atom. The Morgan fingerprint density at radius 2 is 1.07 bits per heavy atom. The highest BCUT2D eigenvalue weighted by atomic mass is 16.3. The van der Waals surface area contributed by atoms with Crippen LogP contribution in [0.1, 0.15) is 49.7 Å². The van der Waals surface area contributed by atoms with Gasteiger partial charge in [0.1, 0.15) is 11.2 Å². The van der Waals surface area contributed by atoms with Gasteiger partial charge in [-0.25, -0.2) is 15.0 Å². The lowest BCUT2D eigenvalue weighted by Crippen LogP contribution is -2.48. The number of nitriles is 1. The highest BCUT2D eigenvalue weighted by Gasteiger charge is 2.51. The molecular formula is C50H38N4O. The lowest BCUT2D eigenvalue weighted by molar-refractivity contribution is -0.00518. The molecule has 4 fully saturated rings. The van der Waals surface area contributed by atoms with Crippen LogP contribution in [0.2, 0.25) is 0 Å². The Bertz CT molecular complexity index is 2760. The maximum Gasteiger partial charge on any atom is 0.164 e. The topological polar surface area (TPSA) is 75.6 Å². The normalized spacial score (nSPS) is 21.3. The van der Waals surface area contributed by atoms with Crippen molar-refractivity contribution in [2.75, 3.05) is 0 Å². The Labute approximate surface area is 320 Å². The summed E-state index contributed by atoms with van der Waals surface area (Å²) in [6, 6.07) is 50.5. The second-order valence-electron chi connectivity index (χ2n) is 16.2. The van der Waals surface area contributed by atoms with E-state index in [0.717, 1.165) is 73.1 Å². The summed E-state index contributed by atoms with van der Waals surface area (Å²) in [5.74, 6) is 4.67. The van der Waals surface area contributed by atoms with Gasteiger partial charge in [-0.05, 0) is 102 Å². The summed E-state index contributed by atoms with van der Waals surface area (Å²) in [5.41, 5.74) is 11.2. The van der Waals surface area contributed by atoms with Gasteiger partial charge in [0.2, 0.25) is 0 Å². The smallest absolute Gasteiger partial charge is 0.164 e. The first kappa shape index (κ1) is 32.1. The molecule has 0 amide bonds. The molecule has 4 aliphatic rings. The molecule has 5 nitrogen and oxygen atoms in total. The van der Waals surface area contributed by atoms with Crippen molar-refractivity contribution in [1.29, 1.82) is 5.26 Å². The second kappa shape index (κ2) is 12.6. The lowest BCUT2D eigenvalue weighted by atomic mass is 9.48. The Hall–Kier alpha value is -6.38. The molecule has 0 spiro atoms. The molecule has 8 aromatic rings. The molecule has 4 saturated carbocycles. The summed E-state index contributed by atoms with van der Waals surface area (Å²) in [7, 11) is 0. The van der Waals surface area contributed by atoms with E-state index < -0.39 is 0 Å². The summed E-state index contributed by atoms with van der Waals surface area (Å²) in [5, 5.41) is 11.4. The van der Waals surface area contributed by atoms with E-state index in [1.807, 2.05) is 42.5 Å². The Kier molecular flexibility index (Phi) is 7.35. The van der Waals surface area contributed by atoms with E-state index in [2.05, 4.69) is 97.1 Å². The predicted octanol–water partition coefficient (Wildman–Crippen LogP) is 12.4. The molecule has 0 saturated heterocycles. The molecule has 55 heavy (non-hydrogen) atoms. The molecule has 0 radical (unpaired) electrons. The zero-order valence-electron chi connectivity index (χ0n) is 30.5. The number of furan rings is 1. The number of hydrogen-bond donors (Lipinski definition) is 0. The number of fused-ring (bicyclic) bond motifs is 3. The maximum atomic E-state index is 9.48. The standard InChI is InChI=1S/C50H38N4O/c51-30-31-13-22-45-44(26-31)42-12-6-11-41(46(42)55-45)36-14-16-38(17-15-36)48-52-47(37-7-2-1-3-8-37)53-49(54-48)43-10-5-4-9-40(43)35-18-20-39(21-19-35)50-27-32-23-33(28-50)25-34(24-32)29-50/h1-22,26,32-34H,23-25,27-29H2. The predicted molar refractivity (Wildman–Crippen MR) is 219 cm³/mol. The molecule has 264 valence electrons. The number of rotatable bonds is 6. The van der Waals surface area contributed by atoms with Crippen molar-refractivity contribution in [3.63, 3.8) is 0 Å². The minimum absolute atomic E-state index is 0.372. The number of aromatic nitrogens is 3. The zero-order valence-corrected chi connectivity index (χ0v) is 30.5. The first-order valence-electron chi connectivity index (χ1n) is 19.6. The summed E-state index contributed by atoms with van der Waals surface area (Å²) in [6.45, 7) is 0. The van der Waals surface area contributed by atoms with Gasteiger partial charge in [0.05, 0.1) is 11.6 Å². The molecule has 12 rings (SSSR count). The minimum atomic E-state index is 0.372. The number of para-hydroxylation sites is 1. The van der Waals surface area contributed by atoms with Gasteiger partial charge in [0.25, 0.3) is 0 Å². The summed E-state index contributed by atoms with van der Waals surface area (Å²) in [6.07, 6.45) is 8.47. The third-order valence-corrected chi connectivity index (χ3v) is 12.8. The van der Waals surface area contributed by atoms with E-state index in [1.54, 1.807) is 6.07 Å². The molecule has 4 bridgehead atoms. The van der Waals surface area contributed by atoms with Gasteiger partial charge in [-0.1, -0.05) is 121 Å². The van der Waals surface area contributed by atoms with Crippen LogP contribution in [0.25, 0.3) is 78.4 Å². The summed E-state index contributed by atoms with van der Waals surface area (Å²) >= 11 is 0. The van der Waals surface area contributed by atoms with Gasteiger partial charge in [0.15, 0.2) is 17.5 Å². The van der Waals surface area contributed by atoms with E-state index in [4.69, 9.17) is 19.4 Å². The zero-order chi connectivity index (χ0) is 36.5. The molecular weight excluding hydrogens is 673 g/mol. The first-order valence-corrected chi connectivity index (χ1v) is 19.6. The van der Waals surface area contributed by atoms with E-state index in [0.29, 0.717) is 28.5 Å². The summed E-state index contributed by atoms with van der Waals surface area (Å²) < 4.78 is 6.35. The summed E-state index contributed by atoms with van der Waals surface area (Å²) in [4.78, 5) is 15.3. The second-order valence-corrected chi connectivity index (χ2v) is 16.2. The SMILES string of the molecule is N#Cc1ccc2oc3c(-c4ccc(-c5nc(-c6ccccc6)nc(-c6ccccc6-c6ccc(C78CC9CC(CC(C9)C7)C8)cc6)n5)cc4)cccc3c2c1. The van der Waals surface area contributed by atoms with Crippen LogP contribution in [-0.2, 0) is 5.41 Å². The van der Waals surface area contributed by atoms with Crippen molar-refractivity contribution < 1.29 is 4.42 Å². The third-order valence-electron chi connectivity index (χ3n) is 12.8. The van der Waals surface area contributed by atoms with Gasteiger partial charge < -0.3 is 4.42 Å². The van der Waals surface area contributed by atoms with Crippen LogP contribution >= 0.6 is 0 Å². The highest BCUT2D eigenvalue weighted by molar-refractivity contribution is 6.09. The lowest BCUT2D eigenvalue weighted by Gasteiger charge is -2.57. The van der Waals surface area contributed by atoms with Gasteiger partial charge >= 0.3 is 0 Å². The fourth-order valence-corrected chi connectivity index (χ4v) is 10.6. The average molecular weight is 711 g/mol. The molecule has 6 aromatic carbocycles. The molecule has 4 aliphatic carbocycles. The van der Waals surface area contributed by atoms with Crippen LogP contribution in [0.15, 0.2) is 144 Å². The van der Waals surface area contributed by atoms with Gasteiger partial charge in [-0.2, -0.15) is 5.26 Å². The molecule has 0 N–H and O–H groups in total. The van der Waals surface area contributed by atoms with Crippen molar-refractivity contribution in [1.82, 2.24) is 15.0 Å².